The highest BCUT2D eigenvalue weighted by Gasteiger charge is 2.39. The number of esters is 1. The lowest BCUT2D eigenvalue weighted by Crippen LogP contribution is -2.37. The van der Waals surface area contributed by atoms with Gasteiger partial charge >= 0.3 is 5.97 Å². The first-order valence-corrected chi connectivity index (χ1v) is 13.9. The van der Waals surface area contributed by atoms with Crippen molar-refractivity contribution in [3.63, 3.8) is 0 Å². The second-order valence-electron chi connectivity index (χ2n) is 10.9. The summed E-state index contributed by atoms with van der Waals surface area (Å²) in [5.74, 6) is -0.997. The minimum atomic E-state index is -1.26. The molecule has 0 bridgehead atoms. The summed E-state index contributed by atoms with van der Waals surface area (Å²) in [6, 6.07) is 20.7. The summed E-state index contributed by atoms with van der Waals surface area (Å²) >= 11 is 0. The predicted molar refractivity (Wildman–Crippen MR) is 163 cm³/mol. The van der Waals surface area contributed by atoms with Gasteiger partial charge in [-0.15, -0.1) is 0 Å². The van der Waals surface area contributed by atoms with Crippen molar-refractivity contribution in [2.75, 3.05) is 0 Å². The highest BCUT2D eigenvalue weighted by atomic mass is 16.7. The van der Waals surface area contributed by atoms with Crippen molar-refractivity contribution in [3.8, 4) is 34.5 Å². The van der Waals surface area contributed by atoms with E-state index < -0.39 is 18.4 Å². The number of ether oxygens (including phenoxy) is 3. The molecule has 1 aliphatic rings. The molecule has 2 atom stereocenters. The Labute approximate surface area is 247 Å². The molecule has 1 heterocycles. The average Bonchev–Trinajstić information content (AvgIpc) is 2.98. The molecular weight excluding hydrogens is 548 g/mol. The molecule has 0 saturated heterocycles. The van der Waals surface area contributed by atoms with E-state index in [4.69, 9.17) is 14.2 Å². The van der Waals surface area contributed by atoms with E-state index >= 15 is 0 Å². The Balaban J connectivity index is 1.47. The van der Waals surface area contributed by atoms with Crippen molar-refractivity contribution in [2.24, 2.45) is 0 Å². The lowest BCUT2D eigenvalue weighted by atomic mass is 9.92. The SMILES string of the molecule is Cc1cccc2c1ccc1cc(C(C)C)c3c(c12)O[C@H](c1ccc(O)c(O)c1)[C@H](OC(=O)/C=C/c1ccc(O)c(O)c1)O3. The summed E-state index contributed by atoms with van der Waals surface area (Å²) in [4.78, 5) is 13.0. The molecule has 8 nitrogen and oxygen atoms in total. The van der Waals surface area contributed by atoms with Gasteiger partial charge in [-0.05, 0) is 76.5 Å². The number of phenols is 4. The number of carbonyl (C=O) groups is 1. The lowest BCUT2D eigenvalue weighted by molar-refractivity contribution is -0.177. The molecule has 0 fully saturated rings. The monoisotopic (exact) mass is 578 g/mol. The summed E-state index contributed by atoms with van der Waals surface area (Å²) in [6.45, 7) is 6.12. The van der Waals surface area contributed by atoms with Gasteiger partial charge in [0, 0.05) is 22.6 Å². The van der Waals surface area contributed by atoms with E-state index in [1.807, 2.05) is 39.0 Å². The minimum Gasteiger partial charge on any atom is -0.504 e. The van der Waals surface area contributed by atoms with Crippen LogP contribution >= 0.6 is 0 Å². The first kappa shape index (κ1) is 27.8. The molecule has 4 N–H and O–H groups in total. The Bertz CT molecular complexity index is 1920. The van der Waals surface area contributed by atoms with E-state index in [0.717, 1.165) is 32.7 Å². The van der Waals surface area contributed by atoms with Crippen LogP contribution in [0.1, 0.15) is 48.1 Å². The zero-order chi connectivity index (χ0) is 30.4. The molecule has 8 heteroatoms. The van der Waals surface area contributed by atoms with Crippen LogP contribution in [0.25, 0.3) is 27.6 Å². The first-order valence-electron chi connectivity index (χ1n) is 13.9. The van der Waals surface area contributed by atoms with E-state index in [-0.39, 0.29) is 28.9 Å². The number of benzene rings is 5. The van der Waals surface area contributed by atoms with Gasteiger partial charge in [0.15, 0.2) is 40.6 Å². The normalized spacial score (nSPS) is 16.3. The van der Waals surface area contributed by atoms with Crippen LogP contribution in [0.5, 0.6) is 34.5 Å². The number of fused-ring (bicyclic) bond motifs is 5. The number of hydrogen-bond donors (Lipinski definition) is 4. The van der Waals surface area contributed by atoms with Gasteiger partial charge in [-0.25, -0.2) is 4.79 Å². The van der Waals surface area contributed by atoms with Crippen LogP contribution in [0.3, 0.4) is 0 Å². The fourth-order valence-electron chi connectivity index (χ4n) is 5.40. The Morgan fingerprint density at radius 2 is 1.56 bits per heavy atom. The van der Waals surface area contributed by atoms with E-state index in [1.54, 1.807) is 6.07 Å². The van der Waals surface area contributed by atoms with Gasteiger partial charge in [-0.2, -0.15) is 0 Å². The van der Waals surface area contributed by atoms with Crippen molar-refractivity contribution in [1.29, 1.82) is 0 Å². The number of carbonyl (C=O) groups excluding carboxylic acids is 1. The van der Waals surface area contributed by atoms with E-state index in [9.17, 15) is 25.2 Å². The Hall–Kier alpha value is -5.37. The molecule has 0 amide bonds. The first-order chi connectivity index (χ1) is 20.6. The minimum absolute atomic E-state index is 0.0441. The third-order valence-electron chi connectivity index (χ3n) is 7.64. The molecule has 6 rings (SSSR count). The largest absolute Gasteiger partial charge is 0.504 e. The van der Waals surface area contributed by atoms with Gasteiger partial charge < -0.3 is 34.6 Å². The van der Waals surface area contributed by atoms with Gasteiger partial charge in [0.05, 0.1) is 0 Å². The second kappa shape index (κ2) is 10.8. The Morgan fingerprint density at radius 3 is 2.28 bits per heavy atom. The molecule has 0 unspecified atom stereocenters. The molecule has 0 saturated carbocycles. The van der Waals surface area contributed by atoms with Crippen molar-refractivity contribution in [2.45, 2.75) is 39.1 Å². The van der Waals surface area contributed by atoms with Gasteiger partial charge in [0.25, 0.3) is 6.29 Å². The smallest absolute Gasteiger partial charge is 0.334 e. The molecule has 43 heavy (non-hydrogen) atoms. The molecule has 5 aromatic rings. The number of phenolic OH excluding ortho intramolecular Hbond substituents is 4. The number of aryl methyl sites for hydroxylation is 1. The summed E-state index contributed by atoms with van der Waals surface area (Å²) < 4.78 is 19.0. The Kier molecular flexibility index (Phi) is 6.98. The number of aromatic hydroxyl groups is 4. The van der Waals surface area contributed by atoms with Crippen LogP contribution in [-0.2, 0) is 9.53 Å². The Morgan fingerprint density at radius 1 is 0.814 bits per heavy atom. The highest BCUT2D eigenvalue weighted by Crippen LogP contribution is 2.51. The lowest BCUT2D eigenvalue weighted by Gasteiger charge is -2.35. The van der Waals surface area contributed by atoms with Crippen LogP contribution in [-0.4, -0.2) is 32.7 Å². The van der Waals surface area contributed by atoms with Crippen LogP contribution in [0.2, 0.25) is 0 Å². The quantitative estimate of drug-likeness (QED) is 0.0739. The third kappa shape index (κ3) is 5.12. The van der Waals surface area contributed by atoms with E-state index in [2.05, 4.69) is 18.2 Å². The topological polar surface area (TPSA) is 126 Å². The summed E-state index contributed by atoms with van der Waals surface area (Å²) in [5.41, 5.74) is 2.87. The van der Waals surface area contributed by atoms with Crippen LogP contribution in [0.4, 0.5) is 0 Å². The third-order valence-corrected chi connectivity index (χ3v) is 7.64. The number of hydrogen-bond acceptors (Lipinski definition) is 8. The molecule has 0 radical (unpaired) electrons. The van der Waals surface area contributed by atoms with Gasteiger partial charge in [0.2, 0.25) is 0 Å². The molecule has 0 aromatic heterocycles. The fourth-order valence-corrected chi connectivity index (χ4v) is 5.40. The van der Waals surface area contributed by atoms with Crippen molar-refractivity contribution in [3.05, 3.63) is 101 Å². The van der Waals surface area contributed by atoms with Crippen molar-refractivity contribution >= 4 is 33.6 Å². The van der Waals surface area contributed by atoms with Gasteiger partial charge in [-0.1, -0.05) is 56.3 Å². The van der Waals surface area contributed by atoms with E-state index in [0.29, 0.717) is 22.6 Å². The predicted octanol–water partition coefficient (Wildman–Crippen LogP) is 7.34. The molecular formula is C35H30O8. The molecule has 0 aliphatic carbocycles. The maximum Gasteiger partial charge on any atom is 0.334 e. The van der Waals surface area contributed by atoms with E-state index in [1.165, 1.54) is 42.5 Å². The molecule has 5 aromatic carbocycles. The van der Waals surface area contributed by atoms with Crippen molar-refractivity contribution < 1.29 is 39.4 Å². The summed E-state index contributed by atoms with van der Waals surface area (Å²) in [5, 5.41) is 43.5. The summed E-state index contributed by atoms with van der Waals surface area (Å²) in [7, 11) is 0. The second-order valence-corrected chi connectivity index (χ2v) is 10.9. The van der Waals surface area contributed by atoms with Gasteiger partial charge in [0.1, 0.15) is 0 Å². The molecule has 1 aliphatic heterocycles. The fraction of sp³-hybridized carbons (Fsp3) is 0.171. The standard InChI is InChI=1S/C35H30O8/c1-18(2)25-16-21-9-11-23-19(3)5-4-6-24(23)31(21)34-33(25)43-35(32(42-34)22-10-13-27(37)29(39)17-22)41-30(40)14-8-20-7-12-26(36)28(38)15-20/h4-18,32,35-39H,1-3H3/b14-8+/t32-,35-/m1/s1. The molecule has 0 spiro atoms. The zero-order valence-electron chi connectivity index (χ0n) is 23.7. The van der Waals surface area contributed by atoms with Crippen LogP contribution in [0.15, 0.2) is 78.9 Å². The molecule has 218 valence electrons. The van der Waals surface area contributed by atoms with Gasteiger partial charge in [-0.3, -0.25) is 0 Å². The highest BCUT2D eigenvalue weighted by molar-refractivity contribution is 6.12. The number of rotatable bonds is 5. The maximum atomic E-state index is 13.0. The van der Waals surface area contributed by atoms with Crippen LogP contribution in [0, 0.1) is 6.92 Å². The van der Waals surface area contributed by atoms with Crippen molar-refractivity contribution in [1.82, 2.24) is 0 Å². The maximum absolute atomic E-state index is 13.0. The average molecular weight is 579 g/mol. The zero-order valence-corrected chi connectivity index (χ0v) is 23.7. The summed E-state index contributed by atoms with van der Waals surface area (Å²) in [6.07, 6.45) is 0.353. The van der Waals surface area contributed by atoms with Crippen LogP contribution < -0.4 is 9.47 Å².